The fourth-order valence-electron chi connectivity index (χ4n) is 7.25. The average Bonchev–Trinajstić information content (AvgIpc) is 3.00. The molecule has 0 saturated carbocycles. The fraction of sp³-hybridized carbons (Fsp3) is 0.562. The third kappa shape index (κ3) is 5.06. The van der Waals surface area contributed by atoms with E-state index in [1.165, 1.54) is 22.4 Å². The Morgan fingerprint density at radius 2 is 1.64 bits per heavy atom. The van der Waals surface area contributed by atoms with Gasteiger partial charge in [0, 0.05) is 62.6 Å². The smallest absolute Gasteiger partial charge is 0.187 e. The van der Waals surface area contributed by atoms with Crippen molar-refractivity contribution in [2.45, 2.75) is 70.9 Å². The molecule has 2 aromatic carbocycles. The molecule has 0 unspecified atom stereocenters. The highest BCUT2D eigenvalue weighted by Gasteiger charge is 2.56. The highest BCUT2D eigenvalue weighted by molar-refractivity contribution is 5.54. The minimum Gasteiger partial charge on any atom is -0.497 e. The van der Waals surface area contributed by atoms with E-state index in [0.717, 1.165) is 55.1 Å². The molecule has 5 rings (SSSR count). The largest absolute Gasteiger partial charge is 0.497 e. The van der Waals surface area contributed by atoms with E-state index in [-0.39, 0.29) is 11.0 Å². The molecule has 39 heavy (non-hydrogen) atoms. The van der Waals surface area contributed by atoms with Crippen LogP contribution in [0.4, 0.5) is 0 Å². The number of methoxy groups -OCH3 is 3. The molecular weight excluding hydrogens is 490 g/mol. The molecule has 3 aliphatic rings. The summed E-state index contributed by atoms with van der Waals surface area (Å²) in [5.74, 6) is 1.60. The standard InChI is InChI=1S/C32H45N3O4/c1-22-14-23(2)16-24(15-22)20-33-10-8-32(9-11-33)28-19-31(3,4)29-25(17-26(38-6)18-27(29)39-7)21-34(28)30(36)35(32)12-13-37-5/h14-19,30,36H,8-13,20-21H2,1-7H3/t30-/m1/s1. The average molecular weight is 536 g/mol. The van der Waals surface area contributed by atoms with Crippen LogP contribution in [0, 0.1) is 13.8 Å². The van der Waals surface area contributed by atoms with Gasteiger partial charge < -0.3 is 24.2 Å². The van der Waals surface area contributed by atoms with Crippen molar-refractivity contribution < 1.29 is 19.3 Å². The molecule has 2 fully saturated rings. The second-order valence-electron chi connectivity index (χ2n) is 12.1. The molecule has 2 saturated heterocycles. The minimum atomic E-state index is -0.726. The number of hydrogen-bond acceptors (Lipinski definition) is 7. The fourth-order valence-corrected chi connectivity index (χ4v) is 7.25. The molecule has 1 spiro atoms. The van der Waals surface area contributed by atoms with Gasteiger partial charge >= 0.3 is 0 Å². The number of aryl methyl sites for hydroxylation is 2. The van der Waals surface area contributed by atoms with E-state index >= 15 is 0 Å². The van der Waals surface area contributed by atoms with Crippen LogP contribution in [0.3, 0.4) is 0 Å². The van der Waals surface area contributed by atoms with Gasteiger partial charge in [0.15, 0.2) is 6.35 Å². The third-order valence-corrected chi connectivity index (χ3v) is 8.90. The molecule has 2 aromatic rings. The Hall–Kier alpha value is -2.58. The van der Waals surface area contributed by atoms with Crippen LogP contribution in [0.1, 0.15) is 54.5 Å². The maximum atomic E-state index is 11.8. The van der Waals surface area contributed by atoms with Gasteiger partial charge in [0.2, 0.25) is 0 Å². The lowest BCUT2D eigenvalue weighted by molar-refractivity contribution is -0.0959. The first kappa shape index (κ1) is 28.0. The topological polar surface area (TPSA) is 57.6 Å². The summed E-state index contributed by atoms with van der Waals surface area (Å²) in [6.07, 6.45) is 3.57. The van der Waals surface area contributed by atoms with E-state index in [4.69, 9.17) is 14.2 Å². The number of rotatable bonds is 7. The zero-order valence-electron chi connectivity index (χ0n) is 24.7. The van der Waals surface area contributed by atoms with Crippen LogP contribution in [0.2, 0.25) is 0 Å². The molecule has 3 aliphatic heterocycles. The van der Waals surface area contributed by atoms with Crippen LogP contribution in [0.15, 0.2) is 42.1 Å². The summed E-state index contributed by atoms with van der Waals surface area (Å²) in [4.78, 5) is 7.05. The predicted octanol–water partition coefficient (Wildman–Crippen LogP) is 4.57. The molecule has 7 heteroatoms. The SMILES string of the molecule is COCCN1[C@H](O)N2Cc3cc(OC)cc(OC)c3C(C)(C)C=C2C12CCN(Cc1cc(C)cc(C)c1)CC2. The maximum Gasteiger partial charge on any atom is 0.187 e. The maximum absolute atomic E-state index is 11.8. The van der Waals surface area contributed by atoms with Gasteiger partial charge in [-0.05, 0) is 43.9 Å². The van der Waals surface area contributed by atoms with Crippen LogP contribution in [0.25, 0.3) is 0 Å². The van der Waals surface area contributed by atoms with Crippen LogP contribution in [-0.4, -0.2) is 79.3 Å². The number of likely N-dealkylation sites (tertiary alicyclic amines) is 1. The van der Waals surface area contributed by atoms with E-state index in [9.17, 15) is 5.11 Å². The lowest BCUT2D eigenvalue weighted by atomic mass is 9.77. The van der Waals surface area contributed by atoms with Crippen LogP contribution >= 0.6 is 0 Å². The zero-order valence-corrected chi connectivity index (χ0v) is 24.7. The zero-order chi connectivity index (χ0) is 27.9. The molecule has 3 heterocycles. The van der Waals surface area contributed by atoms with E-state index in [1.807, 2.05) is 6.07 Å². The van der Waals surface area contributed by atoms with Gasteiger partial charge in [-0.3, -0.25) is 4.90 Å². The molecular formula is C32H45N3O4. The van der Waals surface area contributed by atoms with Gasteiger partial charge in [-0.2, -0.15) is 0 Å². The lowest BCUT2D eigenvalue weighted by Gasteiger charge is -2.45. The van der Waals surface area contributed by atoms with Gasteiger partial charge in [0.05, 0.1) is 26.4 Å². The van der Waals surface area contributed by atoms with Crippen molar-refractivity contribution in [1.82, 2.24) is 14.7 Å². The number of piperidine rings is 1. The third-order valence-electron chi connectivity index (χ3n) is 8.90. The Bertz CT molecular complexity index is 1210. The van der Waals surface area contributed by atoms with Gasteiger partial charge in [0.25, 0.3) is 0 Å². The number of nitrogens with zero attached hydrogens (tertiary/aromatic N) is 3. The van der Waals surface area contributed by atoms with Crippen molar-refractivity contribution in [3.63, 3.8) is 0 Å². The minimum absolute atomic E-state index is 0.256. The number of hydrogen-bond donors (Lipinski definition) is 1. The molecule has 1 atom stereocenters. The second kappa shape index (κ2) is 10.8. The lowest BCUT2D eigenvalue weighted by Crippen LogP contribution is -2.55. The Morgan fingerprint density at radius 3 is 2.26 bits per heavy atom. The summed E-state index contributed by atoms with van der Waals surface area (Å²) in [5.41, 5.74) is 6.96. The molecule has 0 amide bonds. The Kier molecular flexibility index (Phi) is 7.72. The first-order valence-electron chi connectivity index (χ1n) is 14.1. The Morgan fingerprint density at radius 1 is 0.949 bits per heavy atom. The summed E-state index contributed by atoms with van der Waals surface area (Å²) in [5, 5.41) is 11.8. The van der Waals surface area contributed by atoms with E-state index < -0.39 is 6.35 Å². The quantitative estimate of drug-likeness (QED) is 0.557. The van der Waals surface area contributed by atoms with E-state index in [2.05, 4.69) is 72.7 Å². The number of ether oxygens (including phenoxy) is 3. The molecule has 212 valence electrons. The van der Waals surface area contributed by atoms with Gasteiger partial charge in [-0.15, -0.1) is 0 Å². The van der Waals surface area contributed by atoms with Crippen molar-refractivity contribution in [3.8, 4) is 11.5 Å². The number of allylic oxidation sites excluding steroid dienone is 1. The second-order valence-corrected chi connectivity index (χ2v) is 12.1. The van der Waals surface area contributed by atoms with Gasteiger partial charge in [-0.1, -0.05) is 49.2 Å². The molecule has 1 N–H and O–H groups in total. The van der Waals surface area contributed by atoms with Crippen LogP contribution < -0.4 is 9.47 Å². The number of benzene rings is 2. The summed E-state index contributed by atoms with van der Waals surface area (Å²) in [7, 11) is 5.14. The van der Waals surface area contributed by atoms with Crippen molar-refractivity contribution in [2.24, 2.45) is 0 Å². The van der Waals surface area contributed by atoms with Crippen molar-refractivity contribution in [3.05, 3.63) is 69.9 Å². The highest BCUT2D eigenvalue weighted by Crippen LogP contribution is 2.51. The van der Waals surface area contributed by atoms with Crippen molar-refractivity contribution >= 4 is 0 Å². The summed E-state index contributed by atoms with van der Waals surface area (Å²) < 4.78 is 17.0. The number of aliphatic hydroxyl groups is 1. The van der Waals surface area contributed by atoms with Gasteiger partial charge in [0.1, 0.15) is 11.5 Å². The Balaban J connectivity index is 1.50. The summed E-state index contributed by atoms with van der Waals surface area (Å²) >= 11 is 0. The molecule has 7 nitrogen and oxygen atoms in total. The van der Waals surface area contributed by atoms with Crippen LogP contribution in [-0.2, 0) is 23.2 Å². The predicted molar refractivity (Wildman–Crippen MR) is 154 cm³/mol. The molecule has 0 aliphatic carbocycles. The highest BCUT2D eigenvalue weighted by atomic mass is 16.5. The van der Waals surface area contributed by atoms with Crippen molar-refractivity contribution in [1.29, 1.82) is 0 Å². The summed E-state index contributed by atoms with van der Waals surface area (Å²) in [6.45, 7) is 13.6. The number of aliphatic hydroxyl groups excluding tert-OH is 1. The van der Waals surface area contributed by atoms with E-state index in [1.54, 1.807) is 21.3 Å². The number of fused-ring (bicyclic) bond motifs is 3. The molecule has 0 aromatic heterocycles. The normalized spacial score (nSPS) is 22.3. The first-order valence-corrected chi connectivity index (χ1v) is 14.1. The molecule has 0 radical (unpaired) electrons. The van der Waals surface area contributed by atoms with Crippen molar-refractivity contribution in [2.75, 3.05) is 47.6 Å². The van der Waals surface area contributed by atoms with Gasteiger partial charge in [-0.25, -0.2) is 4.90 Å². The van der Waals surface area contributed by atoms with E-state index in [0.29, 0.717) is 19.7 Å². The summed E-state index contributed by atoms with van der Waals surface area (Å²) in [6, 6.07) is 10.9. The monoisotopic (exact) mass is 535 g/mol. The first-order chi connectivity index (χ1) is 18.6. The Labute approximate surface area is 233 Å². The van der Waals surface area contributed by atoms with Crippen LogP contribution in [0.5, 0.6) is 11.5 Å². The molecule has 0 bridgehead atoms.